The van der Waals surface area contributed by atoms with Crippen molar-refractivity contribution in [3.05, 3.63) is 41.7 Å². The van der Waals surface area contributed by atoms with E-state index in [1.165, 1.54) is 16.7 Å². The molecule has 0 aromatic carbocycles. The van der Waals surface area contributed by atoms with Crippen molar-refractivity contribution < 1.29 is 0 Å². The molecule has 88 valence electrons. The van der Waals surface area contributed by atoms with Gasteiger partial charge in [-0.2, -0.15) is 0 Å². The molecule has 1 rings (SSSR count). The molecule has 1 unspecified atom stereocenters. The van der Waals surface area contributed by atoms with Gasteiger partial charge in [-0.3, -0.25) is 4.98 Å². The Morgan fingerprint density at radius 1 is 1.56 bits per heavy atom. The van der Waals surface area contributed by atoms with Crippen molar-refractivity contribution in [2.75, 3.05) is 6.54 Å². The first kappa shape index (κ1) is 12.9. The van der Waals surface area contributed by atoms with E-state index in [0.29, 0.717) is 6.04 Å². The fourth-order valence-corrected chi connectivity index (χ4v) is 1.88. The van der Waals surface area contributed by atoms with Crippen LogP contribution in [0.3, 0.4) is 0 Å². The Morgan fingerprint density at radius 3 is 2.88 bits per heavy atom. The molecule has 0 saturated carbocycles. The van der Waals surface area contributed by atoms with Gasteiger partial charge in [0, 0.05) is 18.4 Å². The van der Waals surface area contributed by atoms with Crippen LogP contribution in [0, 0.1) is 6.92 Å². The van der Waals surface area contributed by atoms with Gasteiger partial charge < -0.3 is 5.32 Å². The largest absolute Gasteiger partial charge is 0.310 e. The highest BCUT2D eigenvalue weighted by molar-refractivity contribution is 5.25. The minimum atomic E-state index is 0.421. The molecule has 0 saturated heterocycles. The van der Waals surface area contributed by atoms with Gasteiger partial charge in [0.15, 0.2) is 0 Å². The summed E-state index contributed by atoms with van der Waals surface area (Å²) in [6.45, 7) is 11.3. The van der Waals surface area contributed by atoms with Gasteiger partial charge >= 0.3 is 0 Å². The van der Waals surface area contributed by atoms with Crippen molar-refractivity contribution in [3.8, 4) is 0 Å². The third kappa shape index (κ3) is 3.78. The van der Waals surface area contributed by atoms with Gasteiger partial charge in [0.1, 0.15) is 0 Å². The van der Waals surface area contributed by atoms with E-state index in [2.05, 4.69) is 43.7 Å². The molecule has 2 heteroatoms. The number of aryl methyl sites for hydroxylation is 1. The quantitative estimate of drug-likeness (QED) is 0.740. The zero-order valence-corrected chi connectivity index (χ0v) is 10.6. The number of hydrogen-bond donors (Lipinski definition) is 1. The van der Waals surface area contributed by atoms with E-state index in [9.17, 15) is 0 Å². The van der Waals surface area contributed by atoms with E-state index in [0.717, 1.165) is 19.4 Å². The van der Waals surface area contributed by atoms with Crippen LogP contribution in [-0.4, -0.2) is 11.5 Å². The summed E-state index contributed by atoms with van der Waals surface area (Å²) in [6, 6.07) is 2.53. The first-order valence-electron chi connectivity index (χ1n) is 5.93. The highest BCUT2D eigenvalue weighted by Gasteiger charge is 2.11. The molecule has 2 nitrogen and oxygen atoms in total. The average molecular weight is 218 g/mol. The van der Waals surface area contributed by atoms with Crippen LogP contribution in [-0.2, 0) is 0 Å². The van der Waals surface area contributed by atoms with Gasteiger partial charge in [0.25, 0.3) is 0 Å². The molecule has 1 aromatic rings. The lowest BCUT2D eigenvalue weighted by atomic mass is 9.97. The van der Waals surface area contributed by atoms with Crippen molar-refractivity contribution in [3.63, 3.8) is 0 Å². The maximum absolute atomic E-state index is 4.14. The molecule has 0 aliphatic rings. The van der Waals surface area contributed by atoms with E-state index >= 15 is 0 Å². The van der Waals surface area contributed by atoms with E-state index in [4.69, 9.17) is 0 Å². The van der Waals surface area contributed by atoms with Crippen LogP contribution in [0.25, 0.3) is 0 Å². The summed E-state index contributed by atoms with van der Waals surface area (Å²) in [4.78, 5) is 4.14. The van der Waals surface area contributed by atoms with Crippen LogP contribution >= 0.6 is 0 Å². The lowest BCUT2D eigenvalue weighted by molar-refractivity contribution is 0.512. The Kier molecular flexibility index (Phi) is 5.20. The average Bonchev–Trinajstić information content (AvgIpc) is 2.25. The predicted molar refractivity (Wildman–Crippen MR) is 69.4 cm³/mol. The smallest absolute Gasteiger partial charge is 0.0326 e. The van der Waals surface area contributed by atoms with Gasteiger partial charge in [-0.15, -0.1) is 6.58 Å². The van der Waals surface area contributed by atoms with Crippen LogP contribution < -0.4 is 5.32 Å². The SMILES string of the molecule is C=C(C)CCC(NCC)c1ccncc1C. The van der Waals surface area contributed by atoms with Crippen molar-refractivity contribution >= 4 is 0 Å². The Bertz CT molecular complexity index is 344. The van der Waals surface area contributed by atoms with Gasteiger partial charge in [-0.05, 0) is 50.4 Å². The summed E-state index contributed by atoms with van der Waals surface area (Å²) < 4.78 is 0. The molecule has 1 heterocycles. The second-order valence-corrected chi connectivity index (χ2v) is 4.34. The Hall–Kier alpha value is -1.15. The number of allylic oxidation sites excluding steroid dienone is 1. The highest BCUT2D eigenvalue weighted by atomic mass is 14.9. The Balaban J connectivity index is 2.76. The molecule has 16 heavy (non-hydrogen) atoms. The van der Waals surface area contributed by atoms with E-state index < -0.39 is 0 Å². The second-order valence-electron chi connectivity index (χ2n) is 4.34. The van der Waals surface area contributed by atoms with Crippen molar-refractivity contribution in [2.24, 2.45) is 0 Å². The number of pyridine rings is 1. The third-order valence-electron chi connectivity index (χ3n) is 2.75. The minimum absolute atomic E-state index is 0.421. The zero-order valence-electron chi connectivity index (χ0n) is 10.6. The summed E-state index contributed by atoms with van der Waals surface area (Å²) in [7, 11) is 0. The van der Waals surface area contributed by atoms with E-state index in [1.807, 2.05) is 12.4 Å². The standard InChI is InChI=1S/C14H22N2/c1-5-16-14(7-6-11(2)3)13-8-9-15-10-12(13)4/h8-10,14,16H,2,5-7H2,1,3-4H3. The van der Waals surface area contributed by atoms with Crippen LogP contribution in [0.5, 0.6) is 0 Å². The van der Waals surface area contributed by atoms with Gasteiger partial charge in [0.05, 0.1) is 0 Å². The van der Waals surface area contributed by atoms with Crippen LogP contribution in [0.2, 0.25) is 0 Å². The molecular weight excluding hydrogens is 196 g/mol. The van der Waals surface area contributed by atoms with Crippen molar-refractivity contribution in [1.29, 1.82) is 0 Å². The van der Waals surface area contributed by atoms with Crippen LogP contribution in [0.15, 0.2) is 30.6 Å². The first-order valence-corrected chi connectivity index (χ1v) is 5.93. The lowest BCUT2D eigenvalue weighted by Gasteiger charge is -2.20. The summed E-state index contributed by atoms with van der Waals surface area (Å²) in [5.41, 5.74) is 3.86. The molecule has 1 aromatic heterocycles. The topological polar surface area (TPSA) is 24.9 Å². The fourth-order valence-electron chi connectivity index (χ4n) is 1.88. The number of rotatable bonds is 6. The summed E-state index contributed by atoms with van der Waals surface area (Å²) in [6.07, 6.45) is 5.97. The highest BCUT2D eigenvalue weighted by Crippen LogP contribution is 2.22. The molecule has 1 atom stereocenters. The normalized spacial score (nSPS) is 12.4. The number of hydrogen-bond acceptors (Lipinski definition) is 2. The Morgan fingerprint density at radius 2 is 2.31 bits per heavy atom. The molecule has 1 N–H and O–H groups in total. The van der Waals surface area contributed by atoms with E-state index in [1.54, 1.807) is 0 Å². The molecular formula is C14H22N2. The van der Waals surface area contributed by atoms with Crippen LogP contribution in [0.1, 0.15) is 43.9 Å². The number of aromatic nitrogens is 1. The van der Waals surface area contributed by atoms with Gasteiger partial charge in [0.2, 0.25) is 0 Å². The summed E-state index contributed by atoms with van der Waals surface area (Å²) in [5, 5.41) is 3.53. The molecule has 0 aliphatic heterocycles. The second kappa shape index (κ2) is 6.44. The molecule has 0 aliphatic carbocycles. The van der Waals surface area contributed by atoms with Gasteiger partial charge in [-0.25, -0.2) is 0 Å². The molecule has 0 radical (unpaired) electrons. The number of nitrogens with one attached hydrogen (secondary N) is 1. The van der Waals surface area contributed by atoms with Crippen molar-refractivity contribution in [2.45, 2.75) is 39.7 Å². The number of nitrogens with zero attached hydrogens (tertiary/aromatic N) is 1. The molecule has 0 bridgehead atoms. The molecule has 0 amide bonds. The molecule has 0 spiro atoms. The minimum Gasteiger partial charge on any atom is -0.310 e. The zero-order chi connectivity index (χ0) is 12.0. The molecule has 0 fully saturated rings. The monoisotopic (exact) mass is 218 g/mol. The predicted octanol–water partition coefficient (Wildman–Crippen LogP) is 3.40. The first-order chi connectivity index (χ1) is 7.65. The summed E-state index contributed by atoms with van der Waals surface area (Å²) in [5.74, 6) is 0. The summed E-state index contributed by atoms with van der Waals surface area (Å²) >= 11 is 0. The third-order valence-corrected chi connectivity index (χ3v) is 2.75. The maximum atomic E-state index is 4.14. The fraction of sp³-hybridized carbons (Fsp3) is 0.500. The van der Waals surface area contributed by atoms with Gasteiger partial charge in [-0.1, -0.05) is 12.5 Å². The Labute approximate surface area is 98.8 Å². The van der Waals surface area contributed by atoms with Crippen molar-refractivity contribution in [1.82, 2.24) is 10.3 Å². The maximum Gasteiger partial charge on any atom is 0.0326 e. The van der Waals surface area contributed by atoms with Crippen LogP contribution in [0.4, 0.5) is 0 Å². The van der Waals surface area contributed by atoms with E-state index in [-0.39, 0.29) is 0 Å². The lowest BCUT2D eigenvalue weighted by Crippen LogP contribution is -2.21.